The van der Waals surface area contributed by atoms with Gasteiger partial charge in [-0.1, -0.05) is 72.3 Å². The lowest BCUT2D eigenvalue weighted by molar-refractivity contribution is 0.415. The van der Waals surface area contributed by atoms with Crippen LogP contribution in [0.4, 0.5) is 11.6 Å². The van der Waals surface area contributed by atoms with Crippen LogP contribution >= 0.6 is 11.6 Å². The van der Waals surface area contributed by atoms with Gasteiger partial charge in [0.2, 0.25) is 5.95 Å². The molecule has 1 N–H and O–H groups in total. The van der Waals surface area contributed by atoms with Gasteiger partial charge in [-0.05, 0) is 24.3 Å². The third kappa shape index (κ3) is 3.97. The molecule has 4 nitrogen and oxygen atoms in total. The first-order chi connectivity index (χ1) is 13.7. The van der Waals surface area contributed by atoms with Crippen molar-refractivity contribution in [2.24, 2.45) is 0 Å². The zero-order chi connectivity index (χ0) is 19.3. The Hall–Kier alpha value is -3.37. The van der Waals surface area contributed by atoms with Crippen LogP contribution in [0.2, 0.25) is 5.02 Å². The smallest absolute Gasteiger partial charge is 0.228 e. The second-order valence-corrected chi connectivity index (χ2v) is 6.58. The maximum Gasteiger partial charge on any atom is 0.228 e. The van der Waals surface area contributed by atoms with E-state index in [1.54, 1.807) is 13.2 Å². The predicted octanol–water partition coefficient (Wildman–Crippen LogP) is 6.22. The summed E-state index contributed by atoms with van der Waals surface area (Å²) >= 11 is 6.24. The molecule has 0 saturated carbocycles. The molecule has 0 radical (unpaired) electrons. The molecular formula is C23H18ClN3O. The lowest BCUT2D eigenvalue weighted by Gasteiger charge is -2.11. The summed E-state index contributed by atoms with van der Waals surface area (Å²) in [7, 11) is 1.59. The van der Waals surface area contributed by atoms with E-state index in [4.69, 9.17) is 26.3 Å². The highest BCUT2D eigenvalue weighted by Crippen LogP contribution is 2.30. The van der Waals surface area contributed by atoms with Crippen molar-refractivity contribution >= 4 is 23.2 Å². The number of halogens is 1. The predicted molar refractivity (Wildman–Crippen MR) is 114 cm³/mol. The monoisotopic (exact) mass is 387 g/mol. The van der Waals surface area contributed by atoms with Crippen LogP contribution < -0.4 is 10.1 Å². The summed E-state index contributed by atoms with van der Waals surface area (Å²) in [5.74, 6) is 1.12. The van der Waals surface area contributed by atoms with E-state index in [2.05, 4.69) is 5.32 Å². The molecule has 1 aromatic heterocycles. The molecule has 0 aliphatic heterocycles. The Kier molecular flexibility index (Phi) is 5.22. The van der Waals surface area contributed by atoms with E-state index >= 15 is 0 Å². The van der Waals surface area contributed by atoms with Crippen molar-refractivity contribution in [2.75, 3.05) is 12.4 Å². The minimum absolute atomic E-state index is 0.501. The Bertz CT molecular complexity index is 1030. The molecule has 3 aromatic carbocycles. The Morgan fingerprint density at radius 1 is 0.750 bits per heavy atom. The van der Waals surface area contributed by atoms with E-state index in [1.807, 2.05) is 78.9 Å². The van der Waals surface area contributed by atoms with E-state index in [-0.39, 0.29) is 0 Å². The highest BCUT2D eigenvalue weighted by molar-refractivity contribution is 6.32. The van der Waals surface area contributed by atoms with Crippen LogP contribution in [0.15, 0.2) is 84.9 Å². The van der Waals surface area contributed by atoms with Gasteiger partial charge in [0.1, 0.15) is 5.75 Å². The van der Waals surface area contributed by atoms with Crippen LogP contribution in [0.25, 0.3) is 22.5 Å². The van der Waals surface area contributed by atoms with Crippen LogP contribution in [0.5, 0.6) is 5.75 Å². The van der Waals surface area contributed by atoms with Crippen molar-refractivity contribution in [2.45, 2.75) is 0 Å². The fourth-order valence-electron chi connectivity index (χ4n) is 2.89. The zero-order valence-corrected chi connectivity index (χ0v) is 16.0. The van der Waals surface area contributed by atoms with Crippen molar-refractivity contribution in [3.63, 3.8) is 0 Å². The van der Waals surface area contributed by atoms with Crippen LogP contribution in [-0.4, -0.2) is 17.1 Å². The topological polar surface area (TPSA) is 47.0 Å². The molecule has 0 fully saturated rings. The summed E-state index contributed by atoms with van der Waals surface area (Å²) < 4.78 is 5.21. The summed E-state index contributed by atoms with van der Waals surface area (Å²) in [6, 6.07) is 27.6. The van der Waals surface area contributed by atoms with Gasteiger partial charge in [-0.25, -0.2) is 9.97 Å². The van der Waals surface area contributed by atoms with Gasteiger partial charge < -0.3 is 10.1 Å². The Morgan fingerprint density at radius 2 is 1.32 bits per heavy atom. The fraction of sp³-hybridized carbons (Fsp3) is 0.0435. The Balaban J connectivity index is 1.77. The first-order valence-electron chi connectivity index (χ1n) is 8.83. The van der Waals surface area contributed by atoms with E-state index in [1.165, 1.54) is 0 Å². The van der Waals surface area contributed by atoms with Gasteiger partial charge in [0, 0.05) is 16.8 Å². The second-order valence-electron chi connectivity index (χ2n) is 6.17. The summed E-state index contributed by atoms with van der Waals surface area (Å²) in [4.78, 5) is 9.40. The average Bonchev–Trinajstić information content (AvgIpc) is 2.75. The van der Waals surface area contributed by atoms with Gasteiger partial charge in [-0.3, -0.25) is 0 Å². The van der Waals surface area contributed by atoms with Gasteiger partial charge >= 0.3 is 0 Å². The molecule has 0 aliphatic rings. The molecule has 4 rings (SSSR count). The summed E-state index contributed by atoms with van der Waals surface area (Å²) in [5.41, 5.74) is 4.53. The van der Waals surface area contributed by atoms with Crippen LogP contribution in [0, 0.1) is 0 Å². The number of methoxy groups -OCH3 is 1. The fourth-order valence-corrected chi connectivity index (χ4v) is 3.15. The van der Waals surface area contributed by atoms with E-state index < -0.39 is 0 Å². The van der Waals surface area contributed by atoms with Gasteiger partial charge in [0.15, 0.2) is 0 Å². The molecule has 0 aliphatic carbocycles. The van der Waals surface area contributed by atoms with Gasteiger partial charge in [0.05, 0.1) is 23.5 Å². The minimum Gasteiger partial charge on any atom is -0.495 e. The number of hydrogen-bond donors (Lipinski definition) is 1. The van der Waals surface area contributed by atoms with E-state index in [9.17, 15) is 0 Å². The molecule has 0 unspecified atom stereocenters. The molecular weight excluding hydrogens is 370 g/mol. The first kappa shape index (κ1) is 18.0. The summed E-state index contributed by atoms with van der Waals surface area (Å²) in [6.45, 7) is 0. The molecule has 138 valence electrons. The van der Waals surface area contributed by atoms with Crippen LogP contribution in [0.1, 0.15) is 0 Å². The number of benzene rings is 3. The number of ether oxygens (including phenoxy) is 1. The SMILES string of the molecule is COc1ccc(Nc2nc(-c3ccccc3)cc(-c3ccccc3)n2)cc1Cl. The second kappa shape index (κ2) is 8.11. The zero-order valence-electron chi connectivity index (χ0n) is 15.3. The highest BCUT2D eigenvalue weighted by Gasteiger charge is 2.10. The Morgan fingerprint density at radius 3 is 1.82 bits per heavy atom. The van der Waals surface area contributed by atoms with Crippen molar-refractivity contribution in [3.8, 4) is 28.3 Å². The lowest BCUT2D eigenvalue weighted by Crippen LogP contribution is -2.00. The van der Waals surface area contributed by atoms with Crippen LogP contribution in [-0.2, 0) is 0 Å². The quantitative estimate of drug-likeness (QED) is 0.441. The van der Waals surface area contributed by atoms with Crippen molar-refractivity contribution < 1.29 is 4.74 Å². The number of aromatic nitrogens is 2. The molecule has 28 heavy (non-hydrogen) atoms. The van der Waals surface area contributed by atoms with E-state index in [0.717, 1.165) is 28.2 Å². The molecule has 0 atom stereocenters. The maximum atomic E-state index is 6.24. The first-order valence-corrected chi connectivity index (χ1v) is 9.21. The average molecular weight is 388 g/mol. The Labute approximate surface area is 168 Å². The number of hydrogen-bond acceptors (Lipinski definition) is 4. The van der Waals surface area contributed by atoms with Gasteiger partial charge in [-0.15, -0.1) is 0 Å². The maximum absolute atomic E-state index is 6.24. The van der Waals surface area contributed by atoms with E-state index in [0.29, 0.717) is 16.7 Å². The minimum atomic E-state index is 0.501. The summed E-state index contributed by atoms with van der Waals surface area (Å²) in [5, 5.41) is 3.78. The van der Waals surface area contributed by atoms with Gasteiger partial charge in [0.25, 0.3) is 0 Å². The number of nitrogens with zero attached hydrogens (tertiary/aromatic N) is 2. The van der Waals surface area contributed by atoms with Crippen molar-refractivity contribution in [1.82, 2.24) is 9.97 Å². The molecule has 0 spiro atoms. The highest BCUT2D eigenvalue weighted by atomic mass is 35.5. The lowest BCUT2D eigenvalue weighted by atomic mass is 10.1. The molecule has 0 saturated heterocycles. The van der Waals surface area contributed by atoms with Crippen molar-refractivity contribution in [3.05, 3.63) is 90.0 Å². The van der Waals surface area contributed by atoms with Gasteiger partial charge in [-0.2, -0.15) is 0 Å². The molecule has 5 heteroatoms. The number of nitrogens with one attached hydrogen (secondary N) is 1. The third-order valence-corrected chi connectivity index (χ3v) is 4.57. The largest absolute Gasteiger partial charge is 0.495 e. The number of anilines is 2. The normalized spacial score (nSPS) is 10.5. The third-order valence-electron chi connectivity index (χ3n) is 4.27. The molecule has 4 aromatic rings. The van der Waals surface area contributed by atoms with Crippen molar-refractivity contribution in [1.29, 1.82) is 0 Å². The molecule has 1 heterocycles. The number of rotatable bonds is 5. The van der Waals surface area contributed by atoms with Crippen LogP contribution in [0.3, 0.4) is 0 Å². The molecule has 0 amide bonds. The summed E-state index contributed by atoms with van der Waals surface area (Å²) in [6.07, 6.45) is 0. The standard InChI is InChI=1S/C23H18ClN3O/c1-28-22-13-12-18(14-19(22)24)25-23-26-20(16-8-4-2-5-9-16)15-21(27-23)17-10-6-3-7-11-17/h2-15H,1H3,(H,25,26,27). The molecule has 0 bridgehead atoms.